The third-order valence-electron chi connectivity index (χ3n) is 7.26. The molecule has 0 aliphatic carbocycles. The van der Waals surface area contributed by atoms with E-state index in [-0.39, 0.29) is 46.4 Å². The molecule has 0 radical (unpaired) electrons. The lowest BCUT2D eigenvalue weighted by atomic mass is 10.5. The molecule has 0 fully saturated rings. The highest BCUT2D eigenvalue weighted by molar-refractivity contribution is 7.57. The maximum Gasteiger partial charge on any atom is 0.324 e. The number of hydrogen-bond donors (Lipinski definition) is 4. The number of aliphatic hydroxyl groups is 3. The Morgan fingerprint density at radius 2 is 0.772 bits per heavy atom. The maximum atomic E-state index is 9.23. The molecule has 1 rings (SSSR count). The predicted octanol–water partition coefficient (Wildman–Crippen LogP) is 1.25. The van der Waals surface area contributed by atoms with Gasteiger partial charge in [-0.1, -0.05) is 6.92 Å². The highest BCUT2D eigenvalue weighted by Gasteiger charge is 2.11. The van der Waals surface area contributed by atoms with Gasteiger partial charge in [0.2, 0.25) is 5.95 Å². The lowest BCUT2D eigenvalue weighted by molar-refractivity contribution is -0.0212. The molecule has 0 saturated carbocycles. The van der Waals surface area contributed by atoms with Crippen LogP contribution in [0.2, 0.25) is 0 Å². The minimum absolute atomic E-state index is 0.00924. The van der Waals surface area contributed by atoms with Crippen LogP contribution < -0.4 is 14.8 Å². The van der Waals surface area contributed by atoms with E-state index in [0.29, 0.717) is 145 Å². The van der Waals surface area contributed by atoms with Gasteiger partial charge in [-0.2, -0.15) is 9.97 Å². The highest BCUT2D eigenvalue weighted by Crippen LogP contribution is 2.37. The molecule has 4 N–H and O–H groups in total. The van der Waals surface area contributed by atoms with Gasteiger partial charge in [0.25, 0.3) is 0 Å². The minimum Gasteiger partial charge on any atom is -0.463 e. The van der Waals surface area contributed by atoms with E-state index in [1.54, 1.807) is 0 Å². The molecule has 0 atom stereocenters. The molecular formula is C37H73N4O15P. The van der Waals surface area contributed by atoms with Crippen LogP contribution in [0.25, 0.3) is 0 Å². The van der Waals surface area contributed by atoms with Crippen LogP contribution in [-0.4, -0.2) is 220 Å². The average Bonchev–Trinajstić information content (AvgIpc) is 3.22. The van der Waals surface area contributed by atoms with Crippen LogP contribution in [0.1, 0.15) is 32.6 Å². The van der Waals surface area contributed by atoms with E-state index in [2.05, 4.69) is 27.2 Å². The van der Waals surface area contributed by atoms with Gasteiger partial charge in [0, 0.05) is 26.4 Å². The number of hydrogen-bond acceptors (Lipinski definition) is 19. The lowest BCUT2D eigenvalue weighted by Crippen LogP contribution is -2.17. The molecule has 0 amide bonds. The Morgan fingerprint density at radius 3 is 1.19 bits per heavy atom. The van der Waals surface area contributed by atoms with Gasteiger partial charge in [-0.05, 0) is 44.2 Å². The third kappa shape index (κ3) is 37.1. The van der Waals surface area contributed by atoms with Crippen LogP contribution in [0.5, 0.6) is 12.0 Å². The van der Waals surface area contributed by atoms with Crippen LogP contribution >= 0.6 is 7.92 Å². The van der Waals surface area contributed by atoms with Gasteiger partial charge in [0.05, 0.1) is 139 Å². The highest BCUT2D eigenvalue weighted by atomic mass is 31.1. The summed E-state index contributed by atoms with van der Waals surface area (Å²) < 4.78 is 66.3. The Labute approximate surface area is 340 Å². The molecule has 19 nitrogen and oxygen atoms in total. The van der Waals surface area contributed by atoms with Crippen LogP contribution in [0.3, 0.4) is 0 Å². The van der Waals surface area contributed by atoms with E-state index in [4.69, 9.17) is 61.9 Å². The van der Waals surface area contributed by atoms with Crippen molar-refractivity contribution >= 4 is 13.9 Å². The summed E-state index contributed by atoms with van der Waals surface area (Å²) in [4.78, 5) is 13.1. The third-order valence-corrected chi connectivity index (χ3v) is 10.1. The normalized spacial score (nSPS) is 11.5. The summed E-state index contributed by atoms with van der Waals surface area (Å²) in [6.45, 7) is 12.9. The van der Waals surface area contributed by atoms with Crippen molar-refractivity contribution in [3.05, 3.63) is 0 Å². The van der Waals surface area contributed by atoms with Crippen molar-refractivity contribution in [1.82, 2.24) is 15.0 Å². The van der Waals surface area contributed by atoms with Crippen LogP contribution in [0.4, 0.5) is 5.95 Å². The fourth-order valence-electron chi connectivity index (χ4n) is 4.52. The Bertz CT molecular complexity index is 962. The van der Waals surface area contributed by atoms with Crippen LogP contribution in [-0.2, 0) is 47.4 Å². The fourth-order valence-corrected chi connectivity index (χ4v) is 6.95. The average molecular weight is 845 g/mol. The zero-order chi connectivity index (χ0) is 41.0. The smallest absolute Gasteiger partial charge is 0.324 e. The lowest BCUT2D eigenvalue weighted by Gasteiger charge is -2.17. The molecule has 20 heteroatoms. The molecule has 0 bridgehead atoms. The number of aromatic nitrogens is 3. The monoisotopic (exact) mass is 844 g/mol. The first kappa shape index (κ1) is 53.3. The summed E-state index contributed by atoms with van der Waals surface area (Å²) in [6, 6.07) is 0.254. The Hall–Kier alpha value is -1.68. The SMILES string of the molecule is CCCOCCOCCOCCOCCOCCOCCOCCOc1nc(NCCOCCOCCOCCO)nc(OCCCP(CCCO)CCCO)n1. The molecule has 0 aromatic carbocycles. The summed E-state index contributed by atoms with van der Waals surface area (Å²) in [5.74, 6) is 0.294. The second-order valence-electron chi connectivity index (χ2n) is 12.0. The molecular weight excluding hydrogens is 771 g/mol. The van der Waals surface area contributed by atoms with E-state index in [1.165, 1.54) is 0 Å². The first-order valence-electron chi connectivity index (χ1n) is 20.3. The van der Waals surface area contributed by atoms with Crippen LogP contribution in [0.15, 0.2) is 0 Å². The van der Waals surface area contributed by atoms with E-state index in [0.717, 1.165) is 50.8 Å². The summed E-state index contributed by atoms with van der Waals surface area (Å²) in [5.41, 5.74) is 0. The zero-order valence-electron chi connectivity index (χ0n) is 34.4. The molecule has 0 aliphatic rings. The van der Waals surface area contributed by atoms with Gasteiger partial charge in [0.1, 0.15) is 6.61 Å². The zero-order valence-corrected chi connectivity index (χ0v) is 35.3. The number of anilines is 1. The van der Waals surface area contributed by atoms with Crippen molar-refractivity contribution in [3.63, 3.8) is 0 Å². The van der Waals surface area contributed by atoms with Gasteiger partial charge in [0.15, 0.2) is 0 Å². The fraction of sp³-hybridized carbons (Fsp3) is 0.919. The first-order chi connectivity index (χ1) is 28.2. The molecule has 1 heterocycles. The summed E-state index contributed by atoms with van der Waals surface area (Å²) >= 11 is 0. The van der Waals surface area contributed by atoms with Gasteiger partial charge in [-0.15, -0.1) is 12.9 Å². The topological polar surface area (TPSA) is 222 Å². The molecule has 57 heavy (non-hydrogen) atoms. The number of aliphatic hydroxyl groups excluding tert-OH is 3. The molecule has 0 aliphatic heterocycles. The van der Waals surface area contributed by atoms with Crippen molar-refractivity contribution < 1.29 is 72.2 Å². The molecule has 1 aromatic rings. The summed E-state index contributed by atoms with van der Waals surface area (Å²) in [6.07, 6.45) is 6.27. The molecule has 0 spiro atoms. The van der Waals surface area contributed by atoms with Crippen molar-refractivity contribution in [2.45, 2.75) is 32.6 Å². The number of ether oxygens (including phenoxy) is 12. The van der Waals surface area contributed by atoms with Gasteiger partial charge >= 0.3 is 12.0 Å². The Kier molecular flexibility index (Phi) is 41.1. The van der Waals surface area contributed by atoms with Crippen molar-refractivity contribution in [2.24, 2.45) is 0 Å². The molecule has 0 saturated heterocycles. The van der Waals surface area contributed by atoms with E-state index in [1.807, 2.05) is 0 Å². The quantitative estimate of drug-likeness (QED) is 0.0536. The molecule has 336 valence electrons. The predicted molar refractivity (Wildman–Crippen MR) is 214 cm³/mol. The van der Waals surface area contributed by atoms with Gasteiger partial charge in [-0.3, -0.25) is 0 Å². The van der Waals surface area contributed by atoms with Crippen LogP contribution in [0, 0.1) is 0 Å². The van der Waals surface area contributed by atoms with E-state index >= 15 is 0 Å². The first-order valence-corrected chi connectivity index (χ1v) is 22.2. The largest absolute Gasteiger partial charge is 0.463 e. The van der Waals surface area contributed by atoms with Gasteiger partial charge in [-0.25, -0.2) is 0 Å². The second kappa shape index (κ2) is 43.9. The van der Waals surface area contributed by atoms with E-state index in [9.17, 15) is 10.2 Å². The molecule has 1 aromatic heterocycles. The van der Waals surface area contributed by atoms with Crippen molar-refractivity contribution in [3.8, 4) is 12.0 Å². The standard InChI is InChI=1S/C37H73N4O15P/c1-2-10-45-14-17-48-20-21-50-22-23-51-24-25-52-26-27-53-28-29-54-30-31-56-37-40-35(38-6-12-46-15-18-49-19-16-47-13-9-44)39-36(41-37)55-11-5-34-57(32-3-7-42)33-4-8-43/h42-44H,2-34H2,1H3,(H,38,39,40,41). The number of nitrogens with one attached hydrogen (secondary N) is 1. The van der Waals surface area contributed by atoms with Crippen molar-refractivity contribution in [1.29, 1.82) is 0 Å². The second-order valence-corrected chi connectivity index (χ2v) is 14.7. The Balaban J connectivity index is 2.24. The maximum absolute atomic E-state index is 9.23. The summed E-state index contributed by atoms with van der Waals surface area (Å²) in [5, 5.41) is 30.3. The van der Waals surface area contributed by atoms with E-state index < -0.39 is 0 Å². The van der Waals surface area contributed by atoms with Crippen molar-refractivity contribution in [2.75, 3.05) is 196 Å². The number of nitrogens with zero attached hydrogens (tertiary/aromatic N) is 3. The van der Waals surface area contributed by atoms with Gasteiger partial charge < -0.3 is 77.5 Å². The molecule has 0 unspecified atom stereocenters. The Morgan fingerprint density at radius 1 is 0.404 bits per heavy atom. The minimum atomic E-state index is -0.282. The number of rotatable bonds is 47. The summed E-state index contributed by atoms with van der Waals surface area (Å²) in [7, 11) is -0.282.